The second-order valence-electron chi connectivity index (χ2n) is 8.78. The summed E-state index contributed by atoms with van der Waals surface area (Å²) in [6, 6.07) is 0.507. The van der Waals surface area contributed by atoms with E-state index in [0.717, 1.165) is 0 Å². The van der Waals surface area contributed by atoms with Crippen LogP contribution in [0.3, 0.4) is 0 Å². The minimum absolute atomic E-state index is 0.325. The molecule has 0 heterocycles. The molecule has 0 bridgehead atoms. The first-order valence-corrected chi connectivity index (χ1v) is 12.0. The van der Waals surface area contributed by atoms with Crippen molar-refractivity contribution in [1.29, 1.82) is 5.26 Å². The highest BCUT2D eigenvalue weighted by atomic mass is 31.2. The monoisotopic (exact) mass is 664 g/mol. The molecule has 0 rings (SSSR count). The summed E-state index contributed by atoms with van der Waals surface area (Å²) in [6.07, 6.45) is -10.9. The van der Waals surface area contributed by atoms with Gasteiger partial charge in [-0.3, -0.25) is 0 Å². The summed E-state index contributed by atoms with van der Waals surface area (Å²) in [6.45, 7) is 3.70. The summed E-state index contributed by atoms with van der Waals surface area (Å²) in [5.74, 6) is -56.7. The topological polar surface area (TPSA) is 45.5 Å². The lowest BCUT2D eigenvalue weighted by Gasteiger charge is -2.43. The molecule has 0 aromatic carbocycles. The Labute approximate surface area is 222 Å². The van der Waals surface area contributed by atoms with Crippen molar-refractivity contribution in [3.05, 3.63) is 0 Å². The smallest absolute Gasteiger partial charge is 0.322 e. The Kier molecular flexibility index (Phi) is 12.3. The van der Waals surface area contributed by atoms with Gasteiger partial charge in [-0.1, -0.05) is 0 Å². The quantitative estimate of drug-likeness (QED) is 0.0942. The highest BCUT2D eigenvalue weighted by Gasteiger charge is 2.95. The van der Waals surface area contributed by atoms with Gasteiger partial charge in [0.05, 0.1) is 25.7 Å². The van der Waals surface area contributed by atoms with Gasteiger partial charge in [0, 0.05) is 18.5 Å². The van der Waals surface area contributed by atoms with Crippen LogP contribution >= 0.6 is 8.53 Å². The number of hydrogen-bond donors (Lipinski definition) is 0. The van der Waals surface area contributed by atoms with Gasteiger partial charge in [-0.25, -0.2) is 4.67 Å². The van der Waals surface area contributed by atoms with E-state index in [1.54, 1.807) is 6.07 Å². The van der Waals surface area contributed by atoms with E-state index in [1.807, 2.05) is 0 Å². The second-order valence-corrected chi connectivity index (χ2v) is 10.2. The third-order valence-electron chi connectivity index (χ3n) is 5.07. The summed E-state index contributed by atoms with van der Waals surface area (Å²) in [7, 11) is -2.55. The minimum atomic E-state index is -8.67. The lowest BCUT2D eigenvalue weighted by molar-refractivity contribution is -0.461. The first kappa shape index (κ1) is 39.6. The van der Waals surface area contributed by atoms with Gasteiger partial charge >= 0.3 is 47.6 Å². The molecule has 0 saturated heterocycles. The fourth-order valence-corrected chi connectivity index (χ4v) is 4.51. The van der Waals surface area contributed by atoms with Gasteiger partial charge in [0.1, 0.15) is 0 Å². The molecule has 0 radical (unpaired) electrons. The molecule has 0 aliphatic rings. The number of nitriles is 1. The van der Waals surface area contributed by atoms with Gasteiger partial charge < -0.3 is 9.05 Å². The zero-order valence-electron chi connectivity index (χ0n) is 21.1. The van der Waals surface area contributed by atoms with Crippen LogP contribution < -0.4 is 0 Å². The van der Waals surface area contributed by atoms with Crippen molar-refractivity contribution in [2.75, 3.05) is 13.2 Å². The summed E-state index contributed by atoms with van der Waals surface area (Å²) in [5.41, 5.74) is 0. The number of halogens is 17. The van der Waals surface area contributed by atoms with Gasteiger partial charge in [-0.05, 0) is 27.7 Å². The fourth-order valence-electron chi connectivity index (χ4n) is 2.92. The summed E-state index contributed by atoms with van der Waals surface area (Å²) in [5, 5.41) is 8.55. The zero-order valence-corrected chi connectivity index (χ0v) is 22.0. The Balaban J connectivity index is 6.31. The second kappa shape index (κ2) is 12.7. The molecule has 0 fully saturated rings. The van der Waals surface area contributed by atoms with Crippen molar-refractivity contribution in [2.24, 2.45) is 0 Å². The highest BCUT2D eigenvalue weighted by molar-refractivity contribution is 7.44. The van der Waals surface area contributed by atoms with Gasteiger partial charge in [0.15, 0.2) is 0 Å². The average molecular weight is 664 g/mol. The first-order chi connectivity index (χ1) is 17.9. The van der Waals surface area contributed by atoms with Crippen LogP contribution in [0.5, 0.6) is 0 Å². The van der Waals surface area contributed by atoms with Crippen molar-refractivity contribution >= 4 is 8.53 Å². The molecular weight excluding hydrogens is 642 g/mol. The van der Waals surface area contributed by atoms with Crippen LogP contribution in [0, 0.1) is 11.3 Å². The van der Waals surface area contributed by atoms with E-state index >= 15 is 0 Å². The third kappa shape index (κ3) is 7.06. The molecular formula is C19H22F17N2O2P. The molecule has 1 atom stereocenters. The number of alkyl halides is 17. The van der Waals surface area contributed by atoms with Gasteiger partial charge in [-0.15, -0.1) is 0 Å². The maximum absolute atomic E-state index is 14.1. The molecule has 244 valence electrons. The highest BCUT2D eigenvalue weighted by Crippen LogP contribution is 2.64. The summed E-state index contributed by atoms with van der Waals surface area (Å²) < 4.78 is 239. The zero-order chi connectivity index (χ0) is 33.3. The van der Waals surface area contributed by atoms with E-state index < -0.39 is 87.9 Å². The van der Waals surface area contributed by atoms with E-state index in [1.165, 1.54) is 32.4 Å². The van der Waals surface area contributed by atoms with Gasteiger partial charge in [0.25, 0.3) is 8.53 Å². The predicted molar refractivity (Wildman–Crippen MR) is 106 cm³/mol. The molecule has 0 spiro atoms. The largest absolute Gasteiger partial charge is 0.460 e. The van der Waals surface area contributed by atoms with Crippen LogP contribution in [-0.2, 0) is 9.05 Å². The Bertz CT molecular complexity index is 895. The Hall–Kier alpha value is -1.39. The standard InChI is InChI=1S/C19H22F17N2O2P/c1-10(2)38(11(3)4)41(39-8-5-7-37)40-9-6-12(20,21)13(22,23)14(24,25)15(26,27)16(28,29)17(30,31)18(32,33)19(34,35)36/h10-11H,5-6,8-9H2,1-4H3. The third-order valence-corrected chi connectivity index (χ3v) is 7.17. The molecule has 41 heavy (non-hydrogen) atoms. The van der Waals surface area contributed by atoms with Gasteiger partial charge in [0.2, 0.25) is 0 Å². The first-order valence-electron chi connectivity index (χ1n) is 10.9. The van der Waals surface area contributed by atoms with Crippen LogP contribution in [0.2, 0.25) is 0 Å². The van der Waals surface area contributed by atoms with Crippen molar-refractivity contribution in [1.82, 2.24) is 4.67 Å². The molecule has 1 unspecified atom stereocenters. The fraction of sp³-hybridized carbons (Fsp3) is 0.947. The van der Waals surface area contributed by atoms with Crippen LogP contribution in [0.4, 0.5) is 74.6 Å². The predicted octanol–water partition coefficient (Wildman–Crippen LogP) is 8.68. The molecule has 0 N–H and O–H groups in total. The number of hydrogen-bond acceptors (Lipinski definition) is 4. The van der Waals surface area contributed by atoms with Crippen molar-refractivity contribution in [3.63, 3.8) is 0 Å². The number of nitrogens with zero attached hydrogens (tertiary/aromatic N) is 2. The lowest BCUT2D eigenvalue weighted by atomic mass is 9.88. The normalized spacial score (nSPS) is 16.1. The van der Waals surface area contributed by atoms with E-state index in [0.29, 0.717) is 0 Å². The SMILES string of the molecule is CC(C)N(C(C)C)P(OCCC#N)OCCC(F)(F)C(F)(F)C(F)(F)C(F)(F)C(F)(F)C(F)(F)C(F)(F)C(F)(F)F. The summed E-state index contributed by atoms with van der Waals surface area (Å²) >= 11 is 0. The van der Waals surface area contributed by atoms with E-state index in [2.05, 4.69) is 0 Å². The van der Waals surface area contributed by atoms with E-state index in [9.17, 15) is 74.6 Å². The molecule has 4 nitrogen and oxygen atoms in total. The Morgan fingerprint density at radius 1 is 0.585 bits per heavy atom. The molecule has 0 aromatic heterocycles. The van der Waals surface area contributed by atoms with Crippen molar-refractivity contribution < 1.29 is 83.7 Å². The average Bonchev–Trinajstić information content (AvgIpc) is 2.76. The van der Waals surface area contributed by atoms with Crippen molar-refractivity contribution in [3.8, 4) is 6.07 Å². The molecule has 0 aliphatic heterocycles. The van der Waals surface area contributed by atoms with Crippen molar-refractivity contribution in [2.45, 2.75) is 100 Å². The molecule has 22 heteroatoms. The van der Waals surface area contributed by atoms with Crippen LogP contribution in [0.25, 0.3) is 0 Å². The molecule has 0 amide bonds. The summed E-state index contributed by atoms with van der Waals surface area (Å²) in [4.78, 5) is 0. The molecule has 0 aromatic rings. The van der Waals surface area contributed by atoms with Crippen LogP contribution in [0.15, 0.2) is 0 Å². The van der Waals surface area contributed by atoms with Crippen LogP contribution in [0.1, 0.15) is 40.5 Å². The maximum atomic E-state index is 14.1. The Morgan fingerprint density at radius 3 is 1.27 bits per heavy atom. The lowest BCUT2D eigenvalue weighted by Crippen LogP contribution is -2.74. The van der Waals surface area contributed by atoms with Gasteiger partial charge in [-0.2, -0.15) is 79.9 Å². The van der Waals surface area contributed by atoms with Crippen LogP contribution in [-0.4, -0.2) is 77.6 Å². The van der Waals surface area contributed by atoms with E-state index in [-0.39, 0.29) is 6.42 Å². The molecule has 0 aliphatic carbocycles. The molecule has 0 saturated carbocycles. The Morgan fingerprint density at radius 2 is 0.927 bits per heavy atom. The minimum Gasteiger partial charge on any atom is -0.322 e. The van der Waals surface area contributed by atoms with E-state index in [4.69, 9.17) is 14.3 Å². The maximum Gasteiger partial charge on any atom is 0.460 e. The number of rotatable bonds is 16.